The van der Waals surface area contributed by atoms with Crippen LogP contribution in [0.1, 0.15) is 40.0 Å². The average molecular weight is 230 g/mol. The Labute approximate surface area is 99.1 Å². The molecule has 96 valence electrons. The van der Waals surface area contributed by atoms with E-state index in [9.17, 15) is 4.79 Å². The number of carbonyl (C=O) groups excluding carboxylic acids is 1. The van der Waals surface area contributed by atoms with Gasteiger partial charge in [0.1, 0.15) is 0 Å². The molecule has 0 aromatic heterocycles. The molecule has 0 heterocycles. The molecule has 0 atom stereocenters. The molecule has 0 spiro atoms. The predicted molar refractivity (Wildman–Crippen MR) is 66.5 cm³/mol. The zero-order chi connectivity index (χ0) is 12.2. The lowest BCUT2D eigenvalue weighted by atomic mass is 10.3. The van der Waals surface area contributed by atoms with Crippen LogP contribution in [0.4, 0.5) is 0 Å². The summed E-state index contributed by atoms with van der Waals surface area (Å²) in [6.45, 7) is 8.99. The molecule has 4 nitrogen and oxygen atoms in total. The lowest BCUT2D eigenvalue weighted by Crippen LogP contribution is -2.34. The number of amides is 1. The van der Waals surface area contributed by atoms with Gasteiger partial charge in [-0.3, -0.25) is 4.79 Å². The van der Waals surface area contributed by atoms with Crippen LogP contribution in [0.2, 0.25) is 0 Å². The Hall–Kier alpha value is -0.610. The molecule has 0 aliphatic rings. The summed E-state index contributed by atoms with van der Waals surface area (Å²) in [7, 11) is 0. The average Bonchev–Trinajstić information content (AvgIpc) is 2.23. The van der Waals surface area contributed by atoms with Gasteiger partial charge >= 0.3 is 0 Å². The van der Waals surface area contributed by atoms with Gasteiger partial charge in [0.15, 0.2) is 0 Å². The lowest BCUT2D eigenvalue weighted by molar-refractivity contribution is -0.120. The van der Waals surface area contributed by atoms with Crippen molar-refractivity contribution >= 4 is 5.91 Å². The summed E-state index contributed by atoms with van der Waals surface area (Å²) in [5.74, 6) is 0.0817. The van der Waals surface area contributed by atoms with Gasteiger partial charge in [0.25, 0.3) is 0 Å². The van der Waals surface area contributed by atoms with Crippen molar-refractivity contribution in [1.82, 2.24) is 10.6 Å². The molecule has 0 bridgehead atoms. The number of carbonyl (C=O) groups is 1. The van der Waals surface area contributed by atoms with E-state index in [0.717, 1.165) is 39.0 Å². The minimum absolute atomic E-state index is 0.0817. The van der Waals surface area contributed by atoms with Crippen molar-refractivity contribution in [3.8, 4) is 0 Å². The molecule has 0 aliphatic heterocycles. The van der Waals surface area contributed by atoms with Gasteiger partial charge in [-0.2, -0.15) is 0 Å². The lowest BCUT2D eigenvalue weighted by Gasteiger charge is -2.08. The third-order valence-electron chi connectivity index (χ3n) is 2.06. The summed E-state index contributed by atoms with van der Waals surface area (Å²) in [4.78, 5) is 11.3. The van der Waals surface area contributed by atoms with Crippen molar-refractivity contribution in [2.75, 3.05) is 26.2 Å². The molecule has 0 saturated carbocycles. The summed E-state index contributed by atoms with van der Waals surface area (Å²) >= 11 is 0. The third kappa shape index (κ3) is 11.5. The van der Waals surface area contributed by atoms with E-state index in [1.807, 2.05) is 13.8 Å². The fourth-order valence-electron chi connectivity index (χ4n) is 1.22. The van der Waals surface area contributed by atoms with E-state index in [1.54, 1.807) is 0 Å². The van der Waals surface area contributed by atoms with Crippen LogP contribution in [0.15, 0.2) is 0 Å². The summed E-state index contributed by atoms with van der Waals surface area (Å²) < 4.78 is 5.40. The monoisotopic (exact) mass is 230 g/mol. The van der Waals surface area contributed by atoms with E-state index in [4.69, 9.17) is 4.74 Å². The number of rotatable bonds is 10. The van der Waals surface area contributed by atoms with Crippen molar-refractivity contribution < 1.29 is 9.53 Å². The molecule has 0 radical (unpaired) electrons. The zero-order valence-electron chi connectivity index (χ0n) is 10.8. The van der Waals surface area contributed by atoms with Crippen LogP contribution in [-0.2, 0) is 9.53 Å². The summed E-state index contributed by atoms with van der Waals surface area (Å²) in [5.41, 5.74) is 0. The molecule has 4 heteroatoms. The maximum absolute atomic E-state index is 11.3. The first-order valence-corrected chi connectivity index (χ1v) is 6.25. The van der Waals surface area contributed by atoms with Gasteiger partial charge < -0.3 is 15.4 Å². The van der Waals surface area contributed by atoms with E-state index < -0.39 is 0 Å². The minimum Gasteiger partial charge on any atom is -0.379 e. The zero-order valence-corrected chi connectivity index (χ0v) is 10.8. The van der Waals surface area contributed by atoms with Crippen molar-refractivity contribution in [1.29, 1.82) is 0 Å². The Bertz CT molecular complexity index is 172. The number of unbranched alkanes of at least 4 members (excludes halogenated alkanes) is 1. The van der Waals surface area contributed by atoms with E-state index in [0.29, 0.717) is 12.6 Å². The van der Waals surface area contributed by atoms with E-state index in [1.165, 1.54) is 0 Å². The summed E-state index contributed by atoms with van der Waals surface area (Å²) in [6.07, 6.45) is 3.33. The van der Waals surface area contributed by atoms with Crippen LogP contribution in [0.3, 0.4) is 0 Å². The second-order valence-electron chi connectivity index (χ2n) is 4.15. The molecule has 0 rings (SSSR count). The highest BCUT2D eigenvalue weighted by Gasteiger charge is 1.99. The standard InChI is InChI=1S/C12H26N2O2/c1-4-7-13-10-12(15)14-8-5-6-9-16-11(2)3/h11,13H,4-10H2,1-3H3,(H,14,15). The normalized spacial score (nSPS) is 10.8. The third-order valence-corrected chi connectivity index (χ3v) is 2.06. The first-order chi connectivity index (χ1) is 7.66. The van der Waals surface area contributed by atoms with Crippen LogP contribution in [-0.4, -0.2) is 38.3 Å². The topological polar surface area (TPSA) is 50.4 Å². The van der Waals surface area contributed by atoms with Crippen molar-refractivity contribution in [3.05, 3.63) is 0 Å². The van der Waals surface area contributed by atoms with Gasteiger partial charge in [0.05, 0.1) is 12.6 Å². The van der Waals surface area contributed by atoms with Crippen LogP contribution in [0, 0.1) is 0 Å². The van der Waals surface area contributed by atoms with Gasteiger partial charge in [-0.05, 0) is 39.7 Å². The number of ether oxygens (including phenoxy) is 1. The summed E-state index contributed by atoms with van der Waals surface area (Å²) in [5, 5.41) is 5.94. The predicted octanol–water partition coefficient (Wildman–Crippen LogP) is 1.31. The van der Waals surface area contributed by atoms with Crippen LogP contribution in [0.25, 0.3) is 0 Å². The van der Waals surface area contributed by atoms with E-state index in [2.05, 4.69) is 17.6 Å². The first-order valence-electron chi connectivity index (χ1n) is 6.25. The molecule has 2 N–H and O–H groups in total. The minimum atomic E-state index is 0.0817. The van der Waals surface area contributed by atoms with Gasteiger partial charge in [-0.15, -0.1) is 0 Å². The smallest absolute Gasteiger partial charge is 0.233 e. The Balaban J connectivity index is 3.15. The first kappa shape index (κ1) is 15.4. The molecule has 16 heavy (non-hydrogen) atoms. The van der Waals surface area contributed by atoms with Crippen molar-refractivity contribution in [3.63, 3.8) is 0 Å². The maximum atomic E-state index is 11.3. The quantitative estimate of drug-likeness (QED) is 0.556. The molecular weight excluding hydrogens is 204 g/mol. The highest BCUT2D eigenvalue weighted by Crippen LogP contribution is 1.93. The molecule has 0 aromatic carbocycles. The van der Waals surface area contributed by atoms with Crippen LogP contribution < -0.4 is 10.6 Å². The van der Waals surface area contributed by atoms with Crippen molar-refractivity contribution in [2.24, 2.45) is 0 Å². The Morgan fingerprint density at radius 3 is 2.62 bits per heavy atom. The van der Waals surface area contributed by atoms with Crippen molar-refractivity contribution in [2.45, 2.75) is 46.1 Å². The van der Waals surface area contributed by atoms with Gasteiger partial charge in [0.2, 0.25) is 5.91 Å². The SMILES string of the molecule is CCCNCC(=O)NCCCCOC(C)C. The molecular formula is C12H26N2O2. The Morgan fingerprint density at radius 1 is 1.25 bits per heavy atom. The largest absolute Gasteiger partial charge is 0.379 e. The fourth-order valence-corrected chi connectivity index (χ4v) is 1.22. The maximum Gasteiger partial charge on any atom is 0.233 e. The Morgan fingerprint density at radius 2 is 2.00 bits per heavy atom. The molecule has 0 fully saturated rings. The second kappa shape index (κ2) is 10.9. The molecule has 0 saturated heterocycles. The number of hydrogen-bond donors (Lipinski definition) is 2. The highest BCUT2D eigenvalue weighted by molar-refractivity contribution is 5.77. The molecule has 1 amide bonds. The van der Waals surface area contributed by atoms with Gasteiger partial charge in [0, 0.05) is 13.2 Å². The van der Waals surface area contributed by atoms with Gasteiger partial charge in [-0.25, -0.2) is 0 Å². The number of nitrogens with one attached hydrogen (secondary N) is 2. The Kier molecular flexibility index (Phi) is 10.5. The van der Waals surface area contributed by atoms with Crippen LogP contribution in [0.5, 0.6) is 0 Å². The summed E-state index contributed by atoms with van der Waals surface area (Å²) in [6, 6.07) is 0. The fraction of sp³-hybridized carbons (Fsp3) is 0.917. The molecule has 0 aliphatic carbocycles. The molecule has 0 aromatic rings. The number of hydrogen-bond acceptors (Lipinski definition) is 3. The molecule has 0 unspecified atom stereocenters. The second-order valence-corrected chi connectivity index (χ2v) is 4.15. The van der Waals surface area contributed by atoms with E-state index in [-0.39, 0.29) is 5.91 Å². The van der Waals surface area contributed by atoms with Crippen LogP contribution >= 0.6 is 0 Å². The van der Waals surface area contributed by atoms with E-state index >= 15 is 0 Å². The highest BCUT2D eigenvalue weighted by atomic mass is 16.5. The van der Waals surface area contributed by atoms with Gasteiger partial charge in [-0.1, -0.05) is 6.92 Å².